The normalized spacial score (nSPS) is 12.3. The summed E-state index contributed by atoms with van der Waals surface area (Å²) in [5.74, 6) is -1.07. The van der Waals surface area contributed by atoms with Crippen molar-refractivity contribution in [3.8, 4) is 0 Å². The van der Waals surface area contributed by atoms with Crippen molar-refractivity contribution >= 4 is 17.1 Å². The Hall–Kier alpha value is -1.30. The van der Waals surface area contributed by atoms with E-state index in [4.69, 9.17) is 11.6 Å². The zero-order valence-electron chi connectivity index (χ0n) is 6.59. The molecule has 0 bridgehead atoms. The van der Waals surface area contributed by atoms with Crippen LogP contribution < -0.4 is 0 Å². The van der Waals surface area contributed by atoms with Gasteiger partial charge in [-0.15, -0.1) is 0 Å². The Morgan fingerprint density at radius 2 is 2.00 bits per heavy atom. The van der Waals surface area contributed by atoms with Gasteiger partial charge in [0.15, 0.2) is 0 Å². The lowest BCUT2D eigenvalue weighted by Crippen LogP contribution is -2.12. The Bertz CT molecular complexity index is 476. The average Bonchev–Trinajstić information content (AvgIpc) is 2.45. The van der Waals surface area contributed by atoms with Crippen LogP contribution in [0, 0.1) is 0 Å². The molecule has 7 heteroatoms. The molecule has 0 aliphatic carbocycles. The van der Waals surface area contributed by atoms with Gasteiger partial charge in [0.25, 0.3) is 0 Å². The molecule has 0 atom stereocenters. The second kappa shape index (κ2) is 2.84. The average molecular weight is 222 g/mol. The lowest BCUT2D eigenvalue weighted by atomic mass is 10.5. The van der Waals surface area contributed by atoms with Gasteiger partial charge in [-0.1, -0.05) is 11.6 Å². The summed E-state index contributed by atoms with van der Waals surface area (Å²) in [6.07, 6.45) is -3.43. The van der Waals surface area contributed by atoms with E-state index in [1.165, 1.54) is 12.1 Å². The highest BCUT2D eigenvalue weighted by molar-refractivity contribution is 6.29. The van der Waals surface area contributed by atoms with Crippen LogP contribution in [0.1, 0.15) is 5.82 Å². The molecule has 0 N–H and O–H groups in total. The van der Waals surface area contributed by atoms with Crippen molar-refractivity contribution in [2.75, 3.05) is 0 Å². The first-order chi connectivity index (χ1) is 6.48. The van der Waals surface area contributed by atoms with Crippen LogP contribution in [0.2, 0.25) is 5.15 Å². The molecule has 0 saturated heterocycles. The molecular weight excluding hydrogens is 219 g/mol. The van der Waals surface area contributed by atoms with Gasteiger partial charge < -0.3 is 0 Å². The molecule has 0 spiro atoms. The van der Waals surface area contributed by atoms with E-state index in [0.717, 1.165) is 6.20 Å². The Morgan fingerprint density at radius 3 is 2.64 bits per heavy atom. The fourth-order valence-electron chi connectivity index (χ4n) is 1.05. The number of hydrogen-bond donors (Lipinski definition) is 0. The highest BCUT2D eigenvalue weighted by atomic mass is 35.5. The molecule has 74 valence electrons. The molecule has 0 radical (unpaired) electrons. The monoisotopic (exact) mass is 221 g/mol. The molecule has 3 nitrogen and oxygen atoms in total. The van der Waals surface area contributed by atoms with Crippen molar-refractivity contribution in [3.63, 3.8) is 0 Å². The molecular formula is C7H3ClF3N3. The fourth-order valence-corrected chi connectivity index (χ4v) is 1.19. The summed E-state index contributed by atoms with van der Waals surface area (Å²) < 4.78 is 37.6. The van der Waals surface area contributed by atoms with Crippen LogP contribution in [0.4, 0.5) is 13.2 Å². The molecule has 0 saturated carbocycles. The summed E-state index contributed by atoms with van der Waals surface area (Å²) in [7, 11) is 0. The van der Waals surface area contributed by atoms with Crippen LogP contribution >= 0.6 is 11.6 Å². The van der Waals surface area contributed by atoms with Gasteiger partial charge in [0, 0.05) is 0 Å². The van der Waals surface area contributed by atoms with Gasteiger partial charge in [0.2, 0.25) is 5.82 Å². The van der Waals surface area contributed by atoms with Crippen molar-refractivity contribution < 1.29 is 13.2 Å². The minimum Gasteiger partial charge on any atom is -0.231 e. The molecule has 14 heavy (non-hydrogen) atoms. The minimum atomic E-state index is -4.52. The van der Waals surface area contributed by atoms with E-state index in [-0.39, 0.29) is 10.7 Å². The van der Waals surface area contributed by atoms with Crippen molar-refractivity contribution in [2.45, 2.75) is 6.18 Å². The summed E-state index contributed by atoms with van der Waals surface area (Å²) in [4.78, 5) is 3.22. The zero-order chi connectivity index (χ0) is 10.3. The summed E-state index contributed by atoms with van der Waals surface area (Å²) in [5, 5.41) is 3.49. The van der Waals surface area contributed by atoms with E-state index in [1.54, 1.807) is 0 Å². The summed E-state index contributed by atoms with van der Waals surface area (Å²) in [5.41, 5.74) is 0.252. The quantitative estimate of drug-likeness (QED) is 0.684. The number of halogens is 4. The predicted octanol–water partition coefficient (Wildman–Crippen LogP) is 2.40. The van der Waals surface area contributed by atoms with Gasteiger partial charge >= 0.3 is 6.18 Å². The van der Waals surface area contributed by atoms with Crippen molar-refractivity contribution in [1.82, 2.24) is 14.6 Å². The molecule has 2 heterocycles. The number of rotatable bonds is 0. The van der Waals surface area contributed by atoms with Gasteiger partial charge in [-0.05, 0) is 12.1 Å². The van der Waals surface area contributed by atoms with Crippen LogP contribution in [0.25, 0.3) is 5.52 Å². The Balaban J connectivity index is 2.73. The maximum Gasteiger partial charge on any atom is 0.451 e. The Labute approximate surface area is 81.1 Å². The van der Waals surface area contributed by atoms with E-state index in [9.17, 15) is 13.2 Å². The molecule has 0 amide bonds. The fraction of sp³-hybridized carbons (Fsp3) is 0.143. The first-order valence-electron chi connectivity index (χ1n) is 3.56. The number of fused-ring (bicyclic) bond motifs is 1. The summed E-state index contributed by atoms with van der Waals surface area (Å²) in [6, 6.07) is 2.82. The Kier molecular flexibility index (Phi) is 1.88. The van der Waals surface area contributed by atoms with Crippen LogP contribution in [0.15, 0.2) is 18.3 Å². The summed E-state index contributed by atoms with van der Waals surface area (Å²) in [6.45, 7) is 0. The summed E-state index contributed by atoms with van der Waals surface area (Å²) >= 11 is 5.47. The molecule has 2 aromatic rings. The molecule has 0 aliphatic rings. The largest absolute Gasteiger partial charge is 0.451 e. The number of nitrogens with zero attached hydrogens (tertiary/aromatic N) is 3. The van der Waals surface area contributed by atoms with Gasteiger partial charge in [-0.3, -0.25) is 0 Å². The maximum absolute atomic E-state index is 12.3. The highest BCUT2D eigenvalue weighted by Gasteiger charge is 2.36. The third-order valence-electron chi connectivity index (χ3n) is 1.60. The van der Waals surface area contributed by atoms with Crippen molar-refractivity contribution in [3.05, 3.63) is 29.3 Å². The van der Waals surface area contributed by atoms with Crippen LogP contribution in [0.3, 0.4) is 0 Å². The van der Waals surface area contributed by atoms with Crippen LogP contribution in [-0.2, 0) is 6.18 Å². The predicted molar refractivity (Wildman–Crippen MR) is 43.0 cm³/mol. The van der Waals surface area contributed by atoms with E-state index < -0.39 is 12.0 Å². The number of aromatic nitrogens is 3. The molecule has 0 aromatic carbocycles. The van der Waals surface area contributed by atoms with Crippen LogP contribution in [-0.4, -0.2) is 14.6 Å². The Morgan fingerprint density at radius 1 is 1.29 bits per heavy atom. The van der Waals surface area contributed by atoms with Gasteiger partial charge in [0.1, 0.15) is 5.15 Å². The SMILES string of the molecule is FC(F)(F)c1ncc2ccc(Cl)nn12. The van der Waals surface area contributed by atoms with E-state index in [1.807, 2.05) is 0 Å². The van der Waals surface area contributed by atoms with E-state index in [0.29, 0.717) is 4.52 Å². The van der Waals surface area contributed by atoms with Crippen molar-refractivity contribution in [1.29, 1.82) is 0 Å². The van der Waals surface area contributed by atoms with E-state index in [2.05, 4.69) is 10.1 Å². The molecule has 2 rings (SSSR count). The van der Waals surface area contributed by atoms with Gasteiger partial charge in [-0.2, -0.15) is 18.3 Å². The topological polar surface area (TPSA) is 30.2 Å². The minimum absolute atomic E-state index is 0.0130. The number of imidazole rings is 1. The van der Waals surface area contributed by atoms with Crippen molar-refractivity contribution in [2.24, 2.45) is 0 Å². The first kappa shape index (κ1) is 9.26. The number of alkyl halides is 3. The van der Waals surface area contributed by atoms with Gasteiger partial charge in [-0.25, -0.2) is 9.50 Å². The zero-order valence-corrected chi connectivity index (χ0v) is 7.34. The first-order valence-corrected chi connectivity index (χ1v) is 3.94. The maximum atomic E-state index is 12.3. The second-order valence-corrected chi connectivity index (χ2v) is 2.96. The lowest BCUT2D eigenvalue weighted by molar-refractivity contribution is -0.146. The molecule has 2 aromatic heterocycles. The van der Waals surface area contributed by atoms with Gasteiger partial charge in [0.05, 0.1) is 11.7 Å². The highest BCUT2D eigenvalue weighted by Crippen LogP contribution is 2.28. The smallest absolute Gasteiger partial charge is 0.231 e. The number of hydrogen-bond acceptors (Lipinski definition) is 2. The third kappa shape index (κ3) is 1.41. The molecule has 0 unspecified atom stereocenters. The third-order valence-corrected chi connectivity index (χ3v) is 1.81. The standard InChI is InChI=1S/C7H3ClF3N3/c8-5-2-1-4-3-12-6(7(9,10)11)14(4)13-5/h1-3H. The van der Waals surface area contributed by atoms with Crippen LogP contribution in [0.5, 0.6) is 0 Å². The van der Waals surface area contributed by atoms with E-state index >= 15 is 0 Å². The second-order valence-electron chi connectivity index (χ2n) is 2.57. The molecule has 0 aliphatic heterocycles. The molecule has 0 fully saturated rings. The lowest BCUT2D eigenvalue weighted by Gasteiger charge is -2.03.